The molecule has 1 heterocycles. The standard InChI is InChI=1S/C21H19F2NO5/c22-14-8-13-16(9-15(14)23)29-11-21(6-7-21)17(13)18(19(25)26)24-20(27)28-10-12-4-2-1-3-5-12/h1-5,8-9,17-18H,6-7,10-11H2,(H,24,27)(H,25,26)/t17?,18-/m0/s1. The lowest BCUT2D eigenvalue weighted by Crippen LogP contribution is -2.50. The molecule has 1 spiro atoms. The molecule has 1 fully saturated rings. The van der Waals surface area contributed by atoms with E-state index in [1.807, 2.05) is 6.07 Å². The number of carbonyl (C=O) groups excluding carboxylic acids is 1. The monoisotopic (exact) mass is 403 g/mol. The summed E-state index contributed by atoms with van der Waals surface area (Å²) in [5.41, 5.74) is 0.457. The van der Waals surface area contributed by atoms with Gasteiger partial charge in [0.2, 0.25) is 0 Å². The Kier molecular flexibility index (Phi) is 4.86. The fourth-order valence-corrected chi connectivity index (χ4v) is 3.88. The predicted octanol–water partition coefficient (Wildman–Crippen LogP) is 3.60. The van der Waals surface area contributed by atoms with Crippen molar-refractivity contribution in [3.8, 4) is 5.75 Å². The van der Waals surface area contributed by atoms with E-state index in [4.69, 9.17) is 9.47 Å². The van der Waals surface area contributed by atoms with Crippen LogP contribution in [0.1, 0.15) is 29.9 Å². The van der Waals surface area contributed by atoms with Crippen molar-refractivity contribution < 1.29 is 33.0 Å². The van der Waals surface area contributed by atoms with E-state index in [0.29, 0.717) is 12.8 Å². The summed E-state index contributed by atoms with van der Waals surface area (Å²) in [6.45, 7) is 0.161. The van der Waals surface area contributed by atoms with Gasteiger partial charge in [-0.2, -0.15) is 0 Å². The van der Waals surface area contributed by atoms with Crippen molar-refractivity contribution in [3.05, 3.63) is 65.2 Å². The largest absolute Gasteiger partial charge is 0.493 e. The van der Waals surface area contributed by atoms with Crippen molar-refractivity contribution in [3.63, 3.8) is 0 Å². The second-order valence-corrected chi connectivity index (χ2v) is 7.45. The number of ether oxygens (including phenoxy) is 2. The molecule has 0 aromatic heterocycles. The van der Waals surface area contributed by atoms with Crippen LogP contribution in [0, 0.1) is 17.0 Å². The summed E-state index contributed by atoms with van der Waals surface area (Å²) in [6, 6.07) is 9.46. The number of carboxylic acids is 1. The van der Waals surface area contributed by atoms with Crippen LogP contribution in [0.15, 0.2) is 42.5 Å². The van der Waals surface area contributed by atoms with Gasteiger partial charge in [-0.3, -0.25) is 0 Å². The minimum Gasteiger partial charge on any atom is -0.493 e. The highest BCUT2D eigenvalue weighted by Crippen LogP contribution is 2.61. The number of hydrogen-bond donors (Lipinski definition) is 2. The van der Waals surface area contributed by atoms with Gasteiger partial charge in [-0.15, -0.1) is 0 Å². The first kappa shape index (κ1) is 19.2. The molecule has 29 heavy (non-hydrogen) atoms. The van der Waals surface area contributed by atoms with E-state index >= 15 is 0 Å². The highest BCUT2D eigenvalue weighted by Gasteiger charge is 2.58. The Morgan fingerprint density at radius 2 is 1.90 bits per heavy atom. The maximum absolute atomic E-state index is 13.9. The van der Waals surface area contributed by atoms with Gasteiger partial charge in [-0.05, 0) is 24.5 Å². The first-order valence-corrected chi connectivity index (χ1v) is 9.21. The predicted molar refractivity (Wildman–Crippen MR) is 97.4 cm³/mol. The van der Waals surface area contributed by atoms with Gasteiger partial charge in [0.15, 0.2) is 11.6 Å². The van der Waals surface area contributed by atoms with Crippen LogP contribution in [0.3, 0.4) is 0 Å². The molecule has 0 radical (unpaired) electrons. The van der Waals surface area contributed by atoms with Crippen LogP contribution in [-0.4, -0.2) is 29.8 Å². The Morgan fingerprint density at radius 3 is 2.55 bits per heavy atom. The molecule has 2 N–H and O–H groups in total. The molecule has 1 saturated carbocycles. The quantitative estimate of drug-likeness (QED) is 0.797. The number of carbonyl (C=O) groups is 2. The molecule has 2 aromatic carbocycles. The number of amides is 1. The lowest BCUT2D eigenvalue weighted by molar-refractivity contribution is -0.140. The van der Waals surface area contributed by atoms with Gasteiger partial charge in [0.1, 0.15) is 18.4 Å². The van der Waals surface area contributed by atoms with E-state index in [2.05, 4.69) is 5.32 Å². The zero-order valence-corrected chi connectivity index (χ0v) is 15.4. The summed E-state index contributed by atoms with van der Waals surface area (Å²) >= 11 is 0. The van der Waals surface area contributed by atoms with Gasteiger partial charge in [-0.25, -0.2) is 18.4 Å². The highest BCUT2D eigenvalue weighted by atomic mass is 19.2. The van der Waals surface area contributed by atoms with E-state index in [1.165, 1.54) is 0 Å². The van der Waals surface area contributed by atoms with Gasteiger partial charge in [0.25, 0.3) is 0 Å². The lowest BCUT2D eigenvalue weighted by Gasteiger charge is -2.37. The summed E-state index contributed by atoms with van der Waals surface area (Å²) in [7, 11) is 0. The number of benzene rings is 2. The molecule has 2 aromatic rings. The van der Waals surface area contributed by atoms with Gasteiger partial charge in [0, 0.05) is 23.0 Å². The molecule has 1 aliphatic heterocycles. The summed E-state index contributed by atoms with van der Waals surface area (Å²) < 4.78 is 38.2. The minimum absolute atomic E-state index is 0.0195. The summed E-state index contributed by atoms with van der Waals surface area (Å²) in [6.07, 6.45) is 0.439. The SMILES string of the molecule is O=C(N[C@H](C(=O)O)C1c2cc(F)c(F)cc2OCC12CC2)OCc1ccccc1. The first-order valence-electron chi connectivity index (χ1n) is 9.21. The molecule has 8 heteroatoms. The van der Waals surface area contributed by atoms with Crippen LogP contribution in [0.25, 0.3) is 0 Å². The van der Waals surface area contributed by atoms with Crippen molar-refractivity contribution in [2.45, 2.75) is 31.4 Å². The highest BCUT2D eigenvalue weighted by molar-refractivity contribution is 5.81. The minimum atomic E-state index is -1.37. The number of carboxylic acid groups (broad SMARTS) is 1. The fourth-order valence-electron chi connectivity index (χ4n) is 3.88. The average Bonchev–Trinajstić information content (AvgIpc) is 3.47. The molecule has 0 bridgehead atoms. The normalized spacial score (nSPS) is 19.6. The third-order valence-corrected chi connectivity index (χ3v) is 5.54. The van der Waals surface area contributed by atoms with Crippen LogP contribution in [0.4, 0.5) is 13.6 Å². The lowest BCUT2D eigenvalue weighted by atomic mass is 9.76. The molecular formula is C21H19F2NO5. The number of fused-ring (bicyclic) bond motifs is 1. The maximum atomic E-state index is 13.9. The zero-order valence-electron chi connectivity index (χ0n) is 15.4. The fraction of sp³-hybridized carbons (Fsp3) is 0.333. The molecule has 6 nitrogen and oxygen atoms in total. The molecule has 0 saturated heterocycles. The number of halogens is 2. The van der Waals surface area contributed by atoms with Crippen LogP contribution in [0.2, 0.25) is 0 Å². The third kappa shape index (κ3) is 3.74. The molecule has 1 unspecified atom stereocenters. The number of hydrogen-bond acceptors (Lipinski definition) is 4. The van der Waals surface area contributed by atoms with Crippen molar-refractivity contribution in [2.75, 3.05) is 6.61 Å². The van der Waals surface area contributed by atoms with Crippen LogP contribution < -0.4 is 10.1 Å². The topological polar surface area (TPSA) is 84.9 Å². The van der Waals surface area contributed by atoms with Crippen molar-refractivity contribution in [2.24, 2.45) is 5.41 Å². The zero-order chi connectivity index (χ0) is 20.6. The number of aliphatic carboxylic acids is 1. The van der Waals surface area contributed by atoms with E-state index in [9.17, 15) is 23.5 Å². The Labute approximate surface area is 165 Å². The van der Waals surface area contributed by atoms with Crippen LogP contribution >= 0.6 is 0 Å². The Morgan fingerprint density at radius 1 is 1.21 bits per heavy atom. The summed E-state index contributed by atoms with van der Waals surface area (Å²) in [4.78, 5) is 24.3. The number of alkyl carbamates (subject to hydrolysis) is 1. The first-order chi connectivity index (χ1) is 13.9. The second-order valence-electron chi connectivity index (χ2n) is 7.45. The van der Waals surface area contributed by atoms with Gasteiger partial charge in [-0.1, -0.05) is 30.3 Å². The Bertz CT molecular complexity index is 946. The molecular weight excluding hydrogens is 384 g/mol. The van der Waals surface area contributed by atoms with Crippen LogP contribution in [-0.2, 0) is 16.1 Å². The number of rotatable bonds is 5. The third-order valence-electron chi connectivity index (χ3n) is 5.54. The molecule has 2 aliphatic rings. The summed E-state index contributed by atoms with van der Waals surface area (Å²) in [5.74, 6) is -4.11. The number of nitrogens with one attached hydrogen (secondary N) is 1. The summed E-state index contributed by atoms with van der Waals surface area (Å²) in [5, 5.41) is 12.2. The average molecular weight is 403 g/mol. The van der Waals surface area contributed by atoms with Gasteiger partial charge < -0.3 is 19.9 Å². The van der Waals surface area contributed by atoms with E-state index in [1.54, 1.807) is 24.3 Å². The van der Waals surface area contributed by atoms with Crippen molar-refractivity contribution >= 4 is 12.1 Å². The Balaban J connectivity index is 1.57. The van der Waals surface area contributed by atoms with Crippen molar-refractivity contribution in [1.29, 1.82) is 0 Å². The molecule has 2 atom stereocenters. The van der Waals surface area contributed by atoms with Crippen LogP contribution in [0.5, 0.6) is 5.75 Å². The molecule has 1 amide bonds. The van der Waals surface area contributed by atoms with Gasteiger partial charge >= 0.3 is 12.1 Å². The van der Waals surface area contributed by atoms with E-state index in [0.717, 1.165) is 17.7 Å². The van der Waals surface area contributed by atoms with E-state index < -0.39 is 41.1 Å². The Hall–Kier alpha value is -3.16. The van der Waals surface area contributed by atoms with E-state index in [-0.39, 0.29) is 24.5 Å². The smallest absolute Gasteiger partial charge is 0.408 e. The van der Waals surface area contributed by atoms with Crippen molar-refractivity contribution in [1.82, 2.24) is 5.32 Å². The maximum Gasteiger partial charge on any atom is 0.408 e. The molecule has 4 rings (SSSR count). The second kappa shape index (κ2) is 7.35. The molecule has 1 aliphatic carbocycles. The molecule has 152 valence electrons. The van der Waals surface area contributed by atoms with Gasteiger partial charge in [0.05, 0.1) is 6.61 Å².